The fourth-order valence-corrected chi connectivity index (χ4v) is 2.67. The third kappa shape index (κ3) is 4.51. The normalized spacial score (nSPS) is 10.5. The summed E-state index contributed by atoms with van der Waals surface area (Å²) in [5, 5.41) is 0. The van der Waals surface area contributed by atoms with Crippen molar-refractivity contribution in [3.8, 4) is 5.75 Å². The van der Waals surface area contributed by atoms with Crippen molar-refractivity contribution in [2.24, 2.45) is 0 Å². The Morgan fingerprint density at radius 3 is 2.69 bits per heavy atom. The molecule has 0 aliphatic rings. The molecular formula is C21H23N3O2. The molecule has 134 valence electrons. The zero-order valence-corrected chi connectivity index (χ0v) is 15.1. The van der Waals surface area contributed by atoms with E-state index >= 15 is 0 Å². The summed E-state index contributed by atoms with van der Waals surface area (Å²) in [6.45, 7) is 3.63. The maximum Gasteiger partial charge on any atom is 0.270 e. The molecule has 0 atom stereocenters. The van der Waals surface area contributed by atoms with E-state index in [1.807, 2.05) is 72.4 Å². The monoisotopic (exact) mass is 349 g/mol. The Balaban J connectivity index is 1.57. The maximum atomic E-state index is 12.7. The zero-order valence-electron chi connectivity index (χ0n) is 15.1. The first-order chi connectivity index (χ1) is 12.6. The molecule has 26 heavy (non-hydrogen) atoms. The Kier molecular flexibility index (Phi) is 5.69. The molecule has 0 N–H and O–H groups in total. The van der Waals surface area contributed by atoms with Gasteiger partial charge in [0.25, 0.3) is 5.91 Å². The van der Waals surface area contributed by atoms with Crippen LogP contribution in [0.25, 0.3) is 0 Å². The number of likely N-dealkylation sites (N-methyl/N-ethyl adjacent to an activating group) is 1. The number of amides is 1. The van der Waals surface area contributed by atoms with Crippen molar-refractivity contribution in [1.29, 1.82) is 0 Å². The topological polar surface area (TPSA) is 47.4 Å². The third-order valence-corrected chi connectivity index (χ3v) is 4.19. The highest BCUT2D eigenvalue weighted by molar-refractivity contribution is 5.92. The first-order valence-electron chi connectivity index (χ1n) is 8.62. The lowest BCUT2D eigenvalue weighted by molar-refractivity contribution is 0.0763. The van der Waals surface area contributed by atoms with Crippen LogP contribution in [0.1, 0.15) is 21.6 Å². The van der Waals surface area contributed by atoms with Crippen molar-refractivity contribution in [2.75, 3.05) is 20.2 Å². The second kappa shape index (κ2) is 8.34. The van der Waals surface area contributed by atoms with Gasteiger partial charge in [-0.05, 0) is 42.8 Å². The summed E-state index contributed by atoms with van der Waals surface area (Å²) < 4.78 is 7.66. The van der Waals surface area contributed by atoms with Gasteiger partial charge in [-0.15, -0.1) is 0 Å². The molecule has 0 bridgehead atoms. The Hall–Kier alpha value is -3.08. The lowest BCUT2D eigenvalue weighted by atomic mass is 10.2. The number of benzene rings is 1. The van der Waals surface area contributed by atoms with Crippen LogP contribution in [0, 0.1) is 6.92 Å². The number of aromatic nitrogens is 2. The minimum atomic E-state index is -0.0219. The van der Waals surface area contributed by atoms with Crippen LogP contribution < -0.4 is 4.74 Å². The Bertz CT molecular complexity index is 841. The molecule has 0 spiro atoms. The van der Waals surface area contributed by atoms with E-state index in [0.717, 1.165) is 11.3 Å². The van der Waals surface area contributed by atoms with Gasteiger partial charge in [-0.25, -0.2) is 0 Å². The molecule has 0 aliphatic carbocycles. The van der Waals surface area contributed by atoms with Gasteiger partial charge in [0.05, 0.1) is 6.54 Å². The summed E-state index contributed by atoms with van der Waals surface area (Å²) in [6, 6.07) is 15.5. The van der Waals surface area contributed by atoms with Gasteiger partial charge >= 0.3 is 0 Å². The fourth-order valence-electron chi connectivity index (χ4n) is 2.67. The van der Waals surface area contributed by atoms with Gasteiger partial charge < -0.3 is 14.2 Å². The first kappa shape index (κ1) is 17.7. The number of rotatable bonds is 7. The highest BCUT2D eigenvalue weighted by Gasteiger charge is 2.15. The van der Waals surface area contributed by atoms with E-state index in [4.69, 9.17) is 4.74 Å². The minimum absolute atomic E-state index is 0.0219. The van der Waals surface area contributed by atoms with Crippen LogP contribution in [-0.2, 0) is 6.54 Å². The SMILES string of the molecule is Cc1ccc(OCCN(C)C(=O)c2cccn2Cc2cccnc2)cc1. The quantitative estimate of drug-likeness (QED) is 0.657. The predicted molar refractivity (Wildman–Crippen MR) is 101 cm³/mol. The molecule has 0 saturated heterocycles. The average Bonchev–Trinajstić information content (AvgIpc) is 3.11. The number of nitrogens with zero attached hydrogens (tertiary/aromatic N) is 3. The van der Waals surface area contributed by atoms with Gasteiger partial charge in [-0.3, -0.25) is 9.78 Å². The third-order valence-electron chi connectivity index (χ3n) is 4.19. The van der Waals surface area contributed by atoms with E-state index in [-0.39, 0.29) is 5.91 Å². The molecule has 0 fully saturated rings. The molecule has 5 nitrogen and oxygen atoms in total. The van der Waals surface area contributed by atoms with Crippen molar-refractivity contribution in [2.45, 2.75) is 13.5 Å². The molecule has 0 radical (unpaired) electrons. The molecule has 2 heterocycles. The van der Waals surface area contributed by atoms with Crippen LogP contribution in [0.3, 0.4) is 0 Å². The van der Waals surface area contributed by atoms with Crippen LogP contribution >= 0.6 is 0 Å². The summed E-state index contributed by atoms with van der Waals surface area (Å²) in [4.78, 5) is 18.5. The smallest absolute Gasteiger partial charge is 0.270 e. The van der Waals surface area contributed by atoms with E-state index < -0.39 is 0 Å². The molecule has 2 aromatic heterocycles. The van der Waals surface area contributed by atoms with Crippen molar-refractivity contribution in [3.63, 3.8) is 0 Å². The molecule has 0 aliphatic heterocycles. The van der Waals surface area contributed by atoms with Crippen LogP contribution in [-0.4, -0.2) is 40.6 Å². The van der Waals surface area contributed by atoms with Gasteiger partial charge in [-0.1, -0.05) is 23.8 Å². The average molecular weight is 349 g/mol. The highest BCUT2D eigenvalue weighted by atomic mass is 16.5. The first-order valence-corrected chi connectivity index (χ1v) is 8.62. The standard InChI is InChI=1S/C21H23N3O2/c1-17-7-9-19(10-8-17)26-14-13-23(2)21(25)20-6-4-12-24(20)16-18-5-3-11-22-15-18/h3-12,15H,13-14,16H2,1-2H3. The van der Waals surface area contributed by atoms with Crippen molar-refractivity contribution in [1.82, 2.24) is 14.5 Å². The molecule has 3 rings (SSSR count). The van der Waals surface area contributed by atoms with E-state index in [0.29, 0.717) is 25.4 Å². The summed E-state index contributed by atoms with van der Waals surface area (Å²) in [5.74, 6) is 0.794. The largest absolute Gasteiger partial charge is 0.492 e. The second-order valence-corrected chi connectivity index (χ2v) is 6.27. The van der Waals surface area contributed by atoms with Gasteiger partial charge in [0, 0.05) is 32.2 Å². The summed E-state index contributed by atoms with van der Waals surface area (Å²) in [7, 11) is 1.79. The highest BCUT2D eigenvalue weighted by Crippen LogP contribution is 2.12. The van der Waals surface area contributed by atoms with E-state index in [9.17, 15) is 4.79 Å². The maximum absolute atomic E-state index is 12.7. The number of aryl methyl sites for hydroxylation is 1. The molecule has 3 aromatic rings. The Labute approximate surface area is 153 Å². The lowest BCUT2D eigenvalue weighted by Crippen LogP contribution is -2.32. The van der Waals surface area contributed by atoms with Gasteiger partial charge in [0.1, 0.15) is 18.1 Å². The summed E-state index contributed by atoms with van der Waals surface area (Å²) in [6.07, 6.45) is 5.47. The number of ether oxygens (including phenoxy) is 1. The number of hydrogen-bond acceptors (Lipinski definition) is 3. The van der Waals surface area contributed by atoms with Crippen LogP contribution in [0.15, 0.2) is 67.1 Å². The van der Waals surface area contributed by atoms with Crippen LogP contribution in [0.4, 0.5) is 0 Å². The van der Waals surface area contributed by atoms with E-state index in [1.165, 1.54) is 5.56 Å². The number of carbonyl (C=O) groups excluding carboxylic acids is 1. The number of hydrogen-bond donors (Lipinski definition) is 0. The lowest BCUT2D eigenvalue weighted by Gasteiger charge is -2.19. The van der Waals surface area contributed by atoms with Gasteiger partial charge in [0.2, 0.25) is 0 Å². The Morgan fingerprint density at radius 2 is 1.96 bits per heavy atom. The fraction of sp³-hybridized carbons (Fsp3) is 0.238. The summed E-state index contributed by atoms with van der Waals surface area (Å²) >= 11 is 0. The number of pyridine rings is 1. The van der Waals surface area contributed by atoms with Crippen molar-refractivity contribution < 1.29 is 9.53 Å². The minimum Gasteiger partial charge on any atom is -0.492 e. The molecule has 1 aromatic carbocycles. The molecule has 1 amide bonds. The molecular weight excluding hydrogens is 326 g/mol. The zero-order chi connectivity index (χ0) is 18.4. The van der Waals surface area contributed by atoms with Gasteiger partial charge in [0.15, 0.2) is 0 Å². The van der Waals surface area contributed by atoms with E-state index in [2.05, 4.69) is 4.98 Å². The van der Waals surface area contributed by atoms with Gasteiger partial charge in [-0.2, -0.15) is 0 Å². The van der Waals surface area contributed by atoms with Crippen molar-refractivity contribution >= 4 is 5.91 Å². The van der Waals surface area contributed by atoms with E-state index in [1.54, 1.807) is 18.1 Å². The van der Waals surface area contributed by atoms with Crippen LogP contribution in [0.5, 0.6) is 5.75 Å². The summed E-state index contributed by atoms with van der Waals surface area (Å²) in [5.41, 5.74) is 2.91. The molecule has 0 saturated carbocycles. The Morgan fingerprint density at radius 1 is 1.15 bits per heavy atom. The predicted octanol–water partition coefficient (Wildman–Crippen LogP) is 3.39. The number of carbonyl (C=O) groups is 1. The molecule has 5 heteroatoms. The molecule has 0 unspecified atom stereocenters. The second-order valence-electron chi connectivity index (χ2n) is 6.27. The van der Waals surface area contributed by atoms with Crippen LogP contribution in [0.2, 0.25) is 0 Å². The van der Waals surface area contributed by atoms with Crippen molar-refractivity contribution in [3.05, 3.63) is 83.9 Å².